The minimum absolute atomic E-state index is 0.170. The van der Waals surface area contributed by atoms with Crippen molar-refractivity contribution >= 4 is 9.84 Å². The highest BCUT2D eigenvalue weighted by Gasteiger charge is 2.42. The Hall–Kier alpha value is -0.0900. The van der Waals surface area contributed by atoms with Crippen molar-refractivity contribution in [3.05, 3.63) is 0 Å². The van der Waals surface area contributed by atoms with Crippen LogP contribution in [0.3, 0.4) is 0 Å². The van der Waals surface area contributed by atoms with E-state index in [0.717, 1.165) is 25.8 Å². The fraction of sp³-hybridized carbons (Fsp3) is 1.00. The molecule has 0 amide bonds. The zero-order chi connectivity index (χ0) is 14.5. The van der Waals surface area contributed by atoms with Gasteiger partial charge in [-0.25, -0.2) is 8.42 Å². The smallest absolute Gasteiger partial charge is 0.150 e. The highest BCUT2D eigenvalue weighted by Crippen LogP contribution is 2.42. The molecule has 1 aliphatic rings. The van der Waals surface area contributed by atoms with E-state index in [1.165, 1.54) is 12.8 Å². The van der Waals surface area contributed by atoms with E-state index in [1.54, 1.807) is 0 Å². The molecule has 2 atom stereocenters. The Morgan fingerprint density at radius 3 is 2.42 bits per heavy atom. The summed E-state index contributed by atoms with van der Waals surface area (Å²) in [4.78, 5) is 0. The van der Waals surface area contributed by atoms with Gasteiger partial charge in [-0.05, 0) is 30.6 Å². The fourth-order valence-electron chi connectivity index (χ4n) is 3.24. The first kappa shape index (κ1) is 17.0. The molecule has 2 unspecified atom stereocenters. The third-order valence-corrected chi connectivity index (χ3v) is 6.46. The van der Waals surface area contributed by atoms with Crippen molar-refractivity contribution in [3.8, 4) is 0 Å². The summed E-state index contributed by atoms with van der Waals surface area (Å²) in [5, 5.41) is 3.56. The fourth-order valence-corrected chi connectivity index (χ4v) is 5.19. The molecule has 0 bridgehead atoms. The Labute approximate surface area is 119 Å². The van der Waals surface area contributed by atoms with Gasteiger partial charge < -0.3 is 5.32 Å². The average Bonchev–Trinajstić information content (AvgIpc) is 2.71. The molecule has 1 aliphatic heterocycles. The number of nitrogens with one attached hydrogen (secondary N) is 1. The lowest BCUT2D eigenvalue weighted by Gasteiger charge is -2.39. The molecule has 114 valence electrons. The van der Waals surface area contributed by atoms with E-state index in [1.807, 2.05) is 0 Å². The predicted molar refractivity (Wildman–Crippen MR) is 82.1 cm³/mol. The van der Waals surface area contributed by atoms with Crippen LogP contribution in [-0.2, 0) is 9.84 Å². The van der Waals surface area contributed by atoms with Crippen LogP contribution in [-0.4, -0.2) is 32.5 Å². The van der Waals surface area contributed by atoms with Crippen LogP contribution in [0.25, 0.3) is 0 Å². The predicted octanol–water partition coefficient (Wildman–Crippen LogP) is 3.01. The normalized spacial score (nSPS) is 25.6. The number of unbranched alkanes of at least 4 members (excludes halogenated alkanes) is 1. The SMILES string of the molecule is CCCCC(CC)(CNC(C)C)C1CCS(=O)(=O)C1. The lowest BCUT2D eigenvalue weighted by molar-refractivity contribution is 0.139. The van der Waals surface area contributed by atoms with Gasteiger partial charge in [-0.1, -0.05) is 40.5 Å². The first-order valence-electron chi connectivity index (χ1n) is 7.79. The topological polar surface area (TPSA) is 46.2 Å². The molecule has 1 N–H and O–H groups in total. The van der Waals surface area contributed by atoms with Gasteiger partial charge in [0, 0.05) is 12.6 Å². The number of rotatable bonds is 8. The summed E-state index contributed by atoms with van der Waals surface area (Å²) in [6, 6.07) is 0.463. The van der Waals surface area contributed by atoms with Crippen LogP contribution in [0.5, 0.6) is 0 Å². The molecule has 3 nitrogen and oxygen atoms in total. The first-order chi connectivity index (χ1) is 8.85. The number of hydrogen-bond donors (Lipinski definition) is 1. The van der Waals surface area contributed by atoms with Gasteiger partial charge in [0.05, 0.1) is 11.5 Å². The Balaban J connectivity index is 2.82. The molecule has 0 spiro atoms. The van der Waals surface area contributed by atoms with Gasteiger partial charge in [-0.3, -0.25) is 0 Å². The second-order valence-corrected chi connectivity index (χ2v) is 8.68. The van der Waals surface area contributed by atoms with Crippen molar-refractivity contribution in [1.29, 1.82) is 0 Å². The third kappa shape index (κ3) is 4.75. The maximum absolute atomic E-state index is 11.8. The molecule has 0 saturated carbocycles. The van der Waals surface area contributed by atoms with Crippen LogP contribution in [0.1, 0.15) is 59.8 Å². The largest absolute Gasteiger partial charge is 0.314 e. The van der Waals surface area contributed by atoms with Crippen LogP contribution in [0.15, 0.2) is 0 Å². The van der Waals surface area contributed by atoms with Gasteiger partial charge in [-0.15, -0.1) is 0 Å². The lowest BCUT2D eigenvalue weighted by atomic mass is 9.69. The molecule has 1 fully saturated rings. The maximum Gasteiger partial charge on any atom is 0.150 e. The molecule has 4 heteroatoms. The summed E-state index contributed by atoms with van der Waals surface area (Å²) in [5.74, 6) is 1.15. The standard InChI is InChI=1S/C15H31NO2S/c1-5-7-9-15(6-2,12-16-13(3)4)14-8-10-19(17,18)11-14/h13-14,16H,5-12H2,1-4H3. The summed E-state index contributed by atoms with van der Waals surface area (Å²) >= 11 is 0. The maximum atomic E-state index is 11.8. The molecule has 0 aromatic heterocycles. The van der Waals surface area contributed by atoms with E-state index in [0.29, 0.717) is 23.5 Å². The molecule has 0 radical (unpaired) electrons. The highest BCUT2D eigenvalue weighted by molar-refractivity contribution is 7.91. The quantitative estimate of drug-likeness (QED) is 0.747. The van der Waals surface area contributed by atoms with Crippen molar-refractivity contribution < 1.29 is 8.42 Å². The Kier molecular flexibility index (Phi) is 6.31. The van der Waals surface area contributed by atoms with E-state index in [4.69, 9.17) is 0 Å². The molecule has 0 aromatic carbocycles. The van der Waals surface area contributed by atoms with Gasteiger partial charge in [-0.2, -0.15) is 0 Å². The van der Waals surface area contributed by atoms with Gasteiger partial charge in [0.2, 0.25) is 0 Å². The summed E-state index contributed by atoms with van der Waals surface area (Å²) in [6.07, 6.45) is 5.47. The average molecular weight is 289 g/mol. The van der Waals surface area contributed by atoms with Crippen LogP contribution in [0.4, 0.5) is 0 Å². The molecule has 1 saturated heterocycles. The zero-order valence-electron chi connectivity index (χ0n) is 13.0. The van der Waals surface area contributed by atoms with E-state index < -0.39 is 9.84 Å². The van der Waals surface area contributed by atoms with E-state index in [-0.39, 0.29) is 5.41 Å². The molecule has 1 heterocycles. The van der Waals surface area contributed by atoms with Gasteiger partial charge in [0.1, 0.15) is 0 Å². The second-order valence-electron chi connectivity index (χ2n) is 6.46. The Bertz CT molecular complexity index is 364. The molecular weight excluding hydrogens is 258 g/mol. The van der Waals surface area contributed by atoms with Crippen molar-refractivity contribution in [2.75, 3.05) is 18.1 Å². The number of hydrogen-bond acceptors (Lipinski definition) is 3. The lowest BCUT2D eigenvalue weighted by Crippen LogP contribution is -2.43. The van der Waals surface area contributed by atoms with Gasteiger partial charge in [0.25, 0.3) is 0 Å². The Morgan fingerprint density at radius 2 is 2.00 bits per heavy atom. The first-order valence-corrected chi connectivity index (χ1v) is 9.61. The van der Waals surface area contributed by atoms with Crippen LogP contribution >= 0.6 is 0 Å². The van der Waals surface area contributed by atoms with E-state index in [9.17, 15) is 8.42 Å². The van der Waals surface area contributed by atoms with Crippen LogP contribution < -0.4 is 5.32 Å². The molecule has 19 heavy (non-hydrogen) atoms. The molecule has 0 aliphatic carbocycles. The van der Waals surface area contributed by atoms with Crippen molar-refractivity contribution in [3.63, 3.8) is 0 Å². The highest BCUT2D eigenvalue weighted by atomic mass is 32.2. The van der Waals surface area contributed by atoms with Crippen LogP contribution in [0, 0.1) is 11.3 Å². The monoisotopic (exact) mass is 289 g/mol. The van der Waals surface area contributed by atoms with Crippen LogP contribution in [0.2, 0.25) is 0 Å². The second kappa shape index (κ2) is 7.07. The van der Waals surface area contributed by atoms with Crippen molar-refractivity contribution in [2.45, 2.75) is 65.8 Å². The third-order valence-electron chi connectivity index (χ3n) is 4.69. The Morgan fingerprint density at radius 1 is 1.32 bits per heavy atom. The minimum atomic E-state index is -2.78. The van der Waals surface area contributed by atoms with Crippen molar-refractivity contribution in [2.24, 2.45) is 11.3 Å². The summed E-state index contributed by atoms with van der Waals surface area (Å²) < 4.78 is 23.6. The van der Waals surface area contributed by atoms with Gasteiger partial charge in [0.15, 0.2) is 9.84 Å². The van der Waals surface area contributed by atoms with E-state index in [2.05, 4.69) is 33.0 Å². The summed E-state index contributed by atoms with van der Waals surface area (Å²) in [7, 11) is -2.78. The molecule has 0 aromatic rings. The molecular formula is C15H31NO2S. The summed E-state index contributed by atoms with van der Waals surface area (Å²) in [5.41, 5.74) is 0.170. The van der Waals surface area contributed by atoms with Gasteiger partial charge >= 0.3 is 0 Å². The zero-order valence-corrected chi connectivity index (χ0v) is 13.9. The molecule has 1 rings (SSSR count). The minimum Gasteiger partial charge on any atom is -0.314 e. The van der Waals surface area contributed by atoms with Crippen molar-refractivity contribution in [1.82, 2.24) is 5.32 Å². The summed E-state index contributed by atoms with van der Waals surface area (Å²) in [6.45, 7) is 9.71. The number of sulfone groups is 1. The van der Waals surface area contributed by atoms with E-state index >= 15 is 0 Å².